The summed E-state index contributed by atoms with van der Waals surface area (Å²) in [7, 11) is 0. The Labute approximate surface area is 273 Å². The van der Waals surface area contributed by atoms with E-state index in [9.17, 15) is 19.5 Å². The molecule has 0 spiro atoms. The van der Waals surface area contributed by atoms with Gasteiger partial charge in [-0.05, 0) is 56.8 Å². The van der Waals surface area contributed by atoms with Gasteiger partial charge in [-0.1, -0.05) is 38.1 Å². The van der Waals surface area contributed by atoms with Gasteiger partial charge in [-0.25, -0.2) is 9.78 Å². The van der Waals surface area contributed by atoms with Crippen molar-refractivity contribution in [2.75, 3.05) is 19.6 Å². The summed E-state index contributed by atoms with van der Waals surface area (Å²) in [6.07, 6.45) is -1.38. The number of likely N-dealkylation sites (tertiary alicyclic amines) is 2. The van der Waals surface area contributed by atoms with Crippen LogP contribution in [0.15, 0.2) is 40.4 Å². The molecule has 2 fully saturated rings. The number of aliphatic hydroxyl groups excluding tert-OH is 1. The highest BCUT2D eigenvalue weighted by molar-refractivity contribution is 7.13. The van der Waals surface area contributed by atoms with Crippen molar-refractivity contribution in [2.24, 2.45) is 5.92 Å². The molecule has 5 rings (SSSR count). The van der Waals surface area contributed by atoms with Crippen molar-refractivity contribution in [3.05, 3.63) is 52.9 Å². The molecule has 0 saturated carbocycles. The number of hydrogen-bond donors (Lipinski definition) is 2. The van der Waals surface area contributed by atoms with Crippen molar-refractivity contribution in [2.45, 2.75) is 90.7 Å². The van der Waals surface area contributed by atoms with Gasteiger partial charge in [0.05, 0.1) is 41.3 Å². The normalized spacial score (nSPS) is 19.9. The topological polar surface area (TPSA) is 147 Å². The number of ether oxygens (including phenoxy) is 2. The van der Waals surface area contributed by atoms with Crippen LogP contribution in [0.25, 0.3) is 10.4 Å². The number of hydrogen-bond acceptors (Lipinski definition) is 10. The smallest absolute Gasteiger partial charge is 0.410 e. The zero-order chi connectivity index (χ0) is 33.3. The predicted octanol–water partition coefficient (Wildman–Crippen LogP) is 4.68. The van der Waals surface area contributed by atoms with Crippen LogP contribution in [0.4, 0.5) is 4.79 Å². The summed E-state index contributed by atoms with van der Waals surface area (Å²) in [5, 5.41) is 17.6. The van der Waals surface area contributed by atoms with E-state index in [0.29, 0.717) is 18.8 Å². The molecule has 3 aromatic rings. The van der Waals surface area contributed by atoms with E-state index < -0.39 is 29.8 Å². The van der Waals surface area contributed by atoms with Crippen molar-refractivity contribution < 1.29 is 33.5 Å². The van der Waals surface area contributed by atoms with E-state index in [1.165, 1.54) is 4.90 Å². The van der Waals surface area contributed by atoms with Crippen LogP contribution in [0, 0.1) is 12.8 Å². The molecule has 0 unspecified atom stereocenters. The molecule has 4 heterocycles. The third kappa shape index (κ3) is 7.52. The van der Waals surface area contributed by atoms with Gasteiger partial charge in [-0.2, -0.15) is 0 Å². The Morgan fingerprint density at radius 3 is 2.41 bits per heavy atom. The van der Waals surface area contributed by atoms with Crippen molar-refractivity contribution in [3.63, 3.8) is 0 Å². The quantitative estimate of drug-likeness (QED) is 0.336. The van der Waals surface area contributed by atoms with Gasteiger partial charge in [0.1, 0.15) is 23.7 Å². The number of aromatic nitrogens is 2. The Balaban J connectivity index is 1.21. The summed E-state index contributed by atoms with van der Waals surface area (Å²) in [6.45, 7) is 13.8. The number of aryl methyl sites for hydroxylation is 1. The SMILES string of the molecule is Cc1ncsc1-c1ccc([C@H](C)NC(=O)[C@@H]2C[C@@H](O)CN2C(=O)[C@@H](c2cc(OC3CN(C(=O)OC(C)(C)C)C3)no2)C(C)C)cc1. The monoisotopic (exact) mass is 653 g/mol. The van der Waals surface area contributed by atoms with Crippen LogP contribution in [0.2, 0.25) is 0 Å². The molecule has 0 bridgehead atoms. The van der Waals surface area contributed by atoms with E-state index in [2.05, 4.69) is 15.5 Å². The molecule has 3 amide bonds. The molecule has 46 heavy (non-hydrogen) atoms. The fraction of sp³-hybridized carbons (Fsp3) is 0.545. The molecule has 1 aromatic carbocycles. The molecule has 12 nitrogen and oxygen atoms in total. The number of rotatable bonds is 9. The minimum atomic E-state index is -0.835. The van der Waals surface area contributed by atoms with E-state index in [4.69, 9.17) is 14.0 Å². The summed E-state index contributed by atoms with van der Waals surface area (Å²) in [5.74, 6) is -1.08. The van der Waals surface area contributed by atoms with Crippen LogP contribution >= 0.6 is 11.3 Å². The number of amides is 3. The summed E-state index contributed by atoms with van der Waals surface area (Å²) in [4.78, 5) is 48.1. The van der Waals surface area contributed by atoms with E-state index in [0.717, 1.165) is 21.7 Å². The summed E-state index contributed by atoms with van der Waals surface area (Å²) < 4.78 is 16.8. The Morgan fingerprint density at radius 2 is 1.80 bits per heavy atom. The molecular weight excluding hydrogens is 610 g/mol. The van der Waals surface area contributed by atoms with Gasteiger partial charge in [0.25, 0.3) is 5.88 Å². The second-order valence-corrected chi connectivity index (χ2v) is 14.3. The first-order valence-corrected chi connectivity index (χ1v) is 16.5. The van der Waals surface area contributed by atoms with Gasteiger partial charge in [0.15, 0.2) is 5.76 Å². The second-order valence-electron chi connectivity index (χ2n) is 13.4. The fourth-order valence-electron chi connectivity index (χ4n) is 5.75. The molecule has 0 aliphatic carbocycles. The van der Waals surface area contributed by atoms with Gasteiger partial charge < -0.3 is 34.2 Å². The highest BCUT2D eigenvalue weighted by atomic mass is 32.1. The zero-order valence-corrected chi connectivity index (χ0v) is 28.2. The molecule has 2 saturated heterocycles. The molecular formula is C33H43N5O7S. The summed E-state index contributed by atoms with van der Waals surface area (Å²) >= 11 is 1.58. The lowest BCUT2D eigenvalue weighted by Crippen LogP contribution is -2.57. The number of thiazole rings is 1. The largest absolute Gasteiger partial charge is 0.468 e. The van der Waals surface area contributed by atoms with Crippen molar-refractivity contribution in [1.82, 2.24) is 25.3 Å². The average Bonchev–Trinajstić information content (AvgIpc) is 3.69. The summed E-state index contributed by atoms with van der Waals surface area (Å²) in [5.41, 5.74) is 4.20. The molecule has 2 aliphatic rings. The van der Waals surface area contributed by atoms with Gasteiger partial charge in [-0.15, -0.1) is 11.3 Å². The van der Waals surface area contributed by atoms with Crippen LogP contribution in [0.5, 0.6) is 5.88 Å². The lowest BCUT2D eigenvalue weighted by atomic mass is 9.91. The van der Waals surface area contributed by atoms with Gasteiger partial charge in [0.2, 0.25) is 11.8 Å². The molecule has 2 aromatic heterocycles. The van der Waals surface area contributed by atoms with Gasteiger partial charge in [-0.3, -0.25) is 9.59 Å². The Hall–Kier alpha value is -3.97. The molecule has 2 N–H and O–H groups in total. The van der Waals surface area contributed by atoms with Crippen LogP contribution in [0.1, 0.15) is 76.9 Å². The minimum Gasteiger partial charge on any atom is -0.468 e. The van der Waals surface area contributed by atoms with E-state index in [1.54, 1.807) is 22.3 Å². The van der Waals surface area contributed by atoms with Crippen molar-refractivity contribution in [1.29, 1.82) is 0 Å². The number of benzene rings is 1. The number of nitrogens with zero attached hydrogens (tertiary/aromatic N) is 4. The molecule has 0 radical (unpaired) electrons. The molecule has 13 heteroatoms. The van der Waals surface area contributed by atoms with Crippen LogP contribution in [-0.2, 0) is 14.3 Å². The maximum atomic E-state index is 14.0. The lowest BCUT2D eigenvalue weighted by Gasteiger charge is -2.38. The highest BCUT2D eigenvalue weighted by Gasteiger charge is 2.44. The van der Waals surface area contributed by atoms with Crippen LogP contribution in [-0.4, -0.2) is 86.4 Å². The van der Waals surface area contributed by atoms with E-state index >= 15 is 0 Å². The average molecular weight is 654 g/mol. The number of aliphatic hydroxyl groups is 1. The van der Waals surface area contributed by atoms with Crippen molar-refractivity contribution in [3.8, 4) is 16.3 Å². The fourth-order valence-corrected chi connectivity index (χ4v) is 6.56. The third-order valence-electron chi connectivity index (χ3n) is 8.18. The predicted molar refractivity (Wildman–Crippen MR) is 171 cm³/mol. The maximum Gasteiger partial charge on any atom is 0.410 e. The summed E-state index contributed by atoms with van der Waals surface area (Å²) in [6, 6.07) is 8.41. The number of β-amino-alcohol motifs (C(OH)–C–C–N with tert-alkyl or cyclic N) is 1. The van der Waals surface area contributed by atoms with E-state index in [-0.39, 0.29) is 48.7 Å². The van der Waals surface area contributed by atoms with Crippen LogP contribution in [0.3, 0.4) is 0 Å². The number of carbonyl (C=O) groups excluding carboxylic acids is 3. The van der Waals surface area contributed by atoms with Gasteiger partial charge >= 0.3 is 6.09 Å². The van der Waals surface area contributed by atoms with Gasteiger partial charge in [0, 0.05) is 19.0 Å². The Morgan fingerprint density at radius 1 is 1.11 bits per heavy atom. The number of carbonyl (C=O) groups is 3. The van der Waals surface area contributed by atoms with E-state index in [1.807, 2.05) is 78.2 Å². The molecule has 4 atom stereocenters. The first-order valence-electron chi connectivity index (χ1n) is 15.6. The first kappa shape index (κ1) is 33.4. The second kappa shape index (κ2) is 13.4. The van der Waals surface area contributed by atoms with Crippen LogP contribution < -0.4 is 10.1 Å². The first-order chi connectivity index (χ1) is 21.7. The maximum absolute atomic E-state index is 14.0. The Kier molecular flexibility index (Phi) is 9.73. The zero-order valence-electron chi connectivity index (χ0n) is 27.4. The third-order valence-corrected chi connectivity index (χ3v) is 9.15. The highest BCUT2D eigenvalue weighted by Crippen LogP contribution is 2.33. The number of nitrogens with one attached hydrogen (secondary N) is 1. The molecule has 2 aliphatic heterocycles. The standard InChI is InChI=1S/C33H43N5O7S/c1-18(2)28(26-13-27(36-45-26)43-24-15-37(16-24)32(42)44-33(5,6)7)31(41)38-14-23(39)12-25(38)30(40)35-19(3)21-8-10-22(11-9-21)29-20(4)34-17-46-29/h8-11,13,17-19,23-25,28,39H,12,14-16H2,1-7H3,(H,35,40)/t19-,23+,25-,28+/m0/s1. The Bertz CT molecular complexity index is 1540. The molecule has 248 valence electrons. The van der Waals surface area contributed by atoms with Crippen molar-refractivity contribution >= 4 is 29.2 Å². The lowest BCUT2D eigenvalue weighted by molar-refractivity contribution is -0.141. The minimum absolute atomic E-state index is 0.0392.